The van der Waals surface area contributed by atoms with Crippen molar-refractivity contribution >= 4 is 17.5 Å². The maximum Gasteiger partial charge on any atom is 0.255 e. The Morgan fingerprint density at radius 3 is 2.25 bits per heavy atom. The third-order valence-corrected chi connectivity index (χ3v) is 5.77. The Labute approximate surface area is 188 Å². The molecule has 4 rings (SSSR count). The number of carbonyl (C=O) groups is 2. The normalized spacial score (nSPS) is 13.9. The van der Waals surface area contributed by atoms with Crippen LogP contribution in [0.4, 0.5) is 5.69 Å². The smallest absolute Gasteiger partial charge is 0.255 e. The summed E-state index contributed by atoms with van der Waals surface area (Å²) >= 11 is 0. The van der Waals surface area contributed by atoms with Gasteiger partial charge in [0.2, 0.25) is 5.91 Å². The van der Waals surface area contributed by atoms with Crippen LogP contribution in [-0.2, 0) is 11.3 Å². The molecule has 0 bridgehead atoms. The highest BCUT2D eigenvalue weighted by Gasteiger charge is 2.20. The largest absolute Gasteiger partial charge is 0.455 e. The minimum Gasteiger partial charge on any atom is -0.455 e. The maximum absolute atomic E-state index is 12.8. The molecule has 32 heavy (non-hydrogen) atoms. The molecule has 3 aromatic rings. The van der Waals surface area contributed by atoms with Crippen molar-refractivity contribution in [1.29, 1.82) is 0 Å². The van der Waals surface area contributed by atoms with E-state index in [4.69, 9.17) is 4.74 Å². The molecule has 1 aliphatic rings. The maximum atomic E-state index is 12.8. The Kier molecular flexibility index (Phi) is 7.18. The highest BCUT2D eigenvalue weighted by molar-refractivity contribution is 6.05. The highest BCUT2D eigenvalue weighted by atomic mass is 16.5. The van der Waals surface area contributed by atoms with E-state index in [1.165, 1.54) is 6.42 Å². The highest BCUT2D eigenvalue weighted by Crippen LogP contribution is 2.29. The predicted octanol–water partition coefficient (Wildman–Crippen LogP) is 5.93. The van der Waals surface area contributed by atoms with E-state index in [-0.39, 0.29) is 17.7 Å². The number of hydrogen-bond donors (Lipinski definition) is 2. The minimum atomic E-state index is -0.216. The Bertz CT molecular complexity index is 1040. The first-order chi connectivity index (χ1) is 15.7. The van der Waals surface area contributed by atoms with Gasteiger partial charge in [0.05, 0.1) is 5.69 Å². The van der Waals surface area contributed by atoms with Crippen LogP contribution in [0.3, 0.4) is 0 Å². The number of rotatable bonds is 7. The summed E-state index contributed by atoms with van der Waals surface area (Å²) in [5.74, 6) is 1.35. The molecular weight excluding hydrogens is 400 g/mol. The molecule has 0 heterocycles. The fourth-order valence-corrected chi connectivity index (χ4v) is 3.94. The lowest BCUT2D eigenvalue weighted by atomic mass is 9.88. The molecule has 164 valence electrons. The number of para-hydroxylation sites is 3. The molecule has 1 fully saturated rings. The molecule has 2 N–H and O–H groups in total. The van der Waals surface area contributed by atoms with Gasteiger partial charge in [-0.3, -0.25) is 9.59 Å². The molecule has 1 saturated carbocycles. The molecule has 5 heteroatoms. The summed E-state index contributed by atoms with van der Waals surface area (Å²) in [5.41, 5.74) is 2.12. The van der Waals surface area contributed by atoms with Crippen LogP contribution in [0.15, 0.2) is 78.9 Å². The van der Waals surface area contributed by atoms with Gasteiger partial charge in [-0.2, -0.15) is 0 Å². The zero-order valence-corrected chi connectivity index (χ0v) is 18.1. The standard InChI is InChI=1S/C27H28N2O3/c30-26(21-9-3-1-4-10-21)28-19-20-15-17-22(18-16-20)27(31)29-24-13-7-8-14-25(24)32-23-11-5-2-6-12-23/h2,5-8,11-18,21H,1,3-4,9-10,19H2,(H,28,30)(H,29,31). The van der Waals surface area contributed by atoms with Crippen molar-refractivity contribution in [3.8, 4) is 11.5 Å². The summed E-state index contributed by atoms with van der Waals surface area (Å²) in [6, 6.07) is 24.1. The van der Waals surface area contributed by atoms with E-state index in [2.05, 4.69) is 10.6 Å². The van der Waals surface area contributed by atoms with E-state index in [0.29, 0.717) is 29.3 Å². The molecule has 0 radical (unpaired) electrons. The SMILES string of the molecule is O=C(Nc1ccccc1Oc1ccccc1)c1ccc(CNC(=O)C2CCCCC2)cc1. The summed E-state index contributed by atoms with van der Waals surface area (Å²) in [4.78, 5) is 25.1. The van der Waals surface area contributed by atoms with Gasteiger partial charge in [-0.1, -0.05) is 61.7 Å². The van der Waals surface area contributed by atoms with Gasteiger partial charge >= 0.3 is 0 Å². The molecule has 1 aliphatic carbocycles. The average Bonchev–Trinajstić information content (AvgIpc) is 2.85. The van der Waals surface area contributed by atoms with E-state index < -0.39 is 0 Å². The molecule has 0 saturated heterocycles. The predicted molar refractivity (Wildman–Crippen MR) is 126 cm³/mol. The summed E-state index contributed by atoms with van der Waals surface area (Å²) < 4.78 is 5.91. The van der Waals surface area contributed by atoms with Crippen LogP contribution in [0, 0.1) is 5.92 Å². The lowest BCUT2D eigenvalue weighted by molar-refractivity contribution is -0.126. The van der Waals surface area contributed by atoms with Gasteiger partial charge in [-0.25, -0.2) is 0 Å². The van der Waals surface area contributed by atoms with Crippen LogP contribution in [0.25, 0.3) is 0 Å². The fourth-order valence-electron chi connectivity index (χ4n) is 3.94. The second-order valence-electron chi connectivity index (χ2n) is 8.12. The first-order valence-electron chi connectivity index (χ1n) is 11.2. The van der Waals surface area contributed by atoms with Crippen molar-refractivity contribution in [3.05, 3.63) is 90.0 Å². The van der Waals surface area contributed by atoms with Gasteiger partial charge in [0, 0.05) is 18.0 Å². The van der Waals surface area contributed by atoms with Crippen LogP contribution < -0.4 is 15.4 Å². The number of ether oxygens (including phenoxy) is 1. The van der Waals surface area contributed by atoms with Crippen LogP contribution >= 0.6 is 0 Å². The summed E-state index contributed by atoms with van der Waals surface area (Å²) in [5, 5.41) is 5.96. The van der Waals surface area contributed by atoms with Crippen LogP contribution in [0.5, 0.6) is 11.5 Å². The number of carbonyl (C=O) groups excluding carboxylic acids is 2. The van der Waals surface area contributed by atoms with Crippen molar-refractivity contribution in [2.45, 2.75) is 38.6 Å². The number of benzene rings is 3. The van der Waals surface area contributed by atoms with Crippen molar-refractivity contribution in [2.75, 3.05) is 5.32 Å². The number of hydrogen-bond acceptors (Lipinski definition) is 3. The summed E-state index contributed by atoms with van der Waals surface area (Å²) in [7, 11) is 0. The third-order valence-electron chi connectivity index (χ3n) is 5.77. The second kappa shape index (κ2) is 10.6. The average molecular weight is 429 g/mol. The minimum absolute atomic E-state index is 0.140. The lowest BCUT2D eigenvalue weighted by Crippen LogP contribution is -2.31. The lowest BCUT2D eigenvalue weighted by Gasteiger charge is -2.20. The fraction of sp³-hybridized carbons (Fsp3) is 0.259. The molecule has 0 aliphatic heterocycles. The summed E-state index contributed by atoms with van der Waals surface area (Å²) in [6.45, 7) is 0.477. The molecule has 5 nitrogen and oxygen atoms in total. The Morgan fingerprint density at radius 1 is 0.812 bits per heavy atom. The number of amides is 2. The number of nitrogens with one attached hydrogen (secondary N) is 2. The molecule has 0 atom stereocenters. The van der Waals surface area contributed by atoms with Crippen molar-refractivity contribution in [2.24, 2.45) is 5.92 Å². The van der Waals surface area contributed by atoms with E-state index >= 15 is 0 Å². The van der Waals surface area contributed by atoms with E-state index in [1.807, 2.05) is 66.7 Å². The van der Waals surface area contributed by atoms with Gasteiger partial charge in [-0.05, 0) is 54.8 Å². The van der Waals surface area contributed by atoms with Gasteiger partial charge in [0.1, 0.15) is 5.75 Å². The molecular formula is C27H28N2O3. The quantitative estimate of drug-likeness (QED) is 0.490. The molecule has 0 unspecified atom stereocenters. The third kappa shape index (κ3) is 5.76. The van der Waals surface area contributed by atoms with Crippen molar-refractivity contribution < 1.29 is 14.3 Å². The summed E-state index contributed by atoms with van der Waals surface area (Å²) in [6.07, 6.45) is 5.49. The topological polar surface area (TPSA) is 67.4 Å². The monoisotopic (exact) mass is 428 g/mol. The zero-order valence-electron chi connectivity index (χ0n) is 18.1. The van der Waals surface area contributed by atoms with Crippen LogP contribution in [-0.4, -0.2) is 11.8 Å². The van der Waals surface area contributed by atoms with Gasteiger partial charge in [0.15, 0.2) is 5.75 Å². The van der Waals surface area contributed by atoms with Gasteiger partial charge in [-0.15, -0.1) is 0 Å². The Hall–Kier alpha value is -3.60. The Balaban J connectivity index is 1.35. The van der Waals surface area contributed by atoms with E-state index in [0.717, 1.165) is 31.2 Å². The van der Waals surface area contributed by atoms with Crippen LogP contribution in [0.1, 0.15) is 48.0 Å². The van der Waals surface area contributed by atoms with E-state index in [9.17, 15) is 9.59 Å². The first-order valence-corrected chi connectivity index (χ1v) is 11.2. The van der Waals surface area contributed by atoms with E-state index in [1.54, 1.807) is 12.1 Å². The van der Waals surface area contributed by atoms with Gasteiger partial charge < -0.3 is 15.4 Å². The number of anilines is 1. The zero-order chi connectivity index (χ0) is 22.2. The molecule has 0 aromatic heterocycles. The van der Waals surface area contributed by atoms with Crippen molar-refractivity contribution in [3.63, 3.8) is 0 Å². The second-order valence-corrected chi connectivity index (χ2v) is 8.12. The Morgan fingerprint density at radius 2 is 1.50 bits per heavy atom. The molecule has 2 amide bonds. The molecule has 0 spiro atoms. The first kappa shape index (κ1) is 21.6. The molecule has 3 aromatic carbocycles. The van der Waals surface area contributed by atoms with Gasteiger partial charge in [0.25, 0.3) is 5.91 Å². The van der Waals surface area contributed by atoms with Crippen LogP contribution in [0.2, 0.25) is 0 Å². The van der Waals surface area contributed by atoms with Crippen molar-refractivity contribution in [1.82, 2.24) is 5.32 Å².